The predicted molar refractivity (Wildman–Crippen MR) is 117 cm³/mol. The Bertz CT molecular complexity index is 993. The maximum absolute atomic E-state index is 15.1. The van der Waals surface area contributed by atoms with E-state index < -0.39 is 22.9 Å². The van der Waals surface area contributed by atoms with Crippen LogP contribution < -0.4 is 5.73 Å². The number of nitrogens with zero attached hydrogens (tertiary/aromatic N) is 2. The van der Waals surface area contributed by atoms with Gasteiger partial charge in [-0.15, -0.1) is 0 Å². The first kappa shape index (κ1) is 22.7. The first-order valence-electron chi connectivity index (χ1n) is 11.2. The number of aliphatic hydroxyl groups excluding tert-OH is 1. The summed E-state index contributed by atoms with van der Waals surface area (Å²) < 4.78 is 20.3. The Morgan fingerprint density at radius 2 is 2.06 bits per heavy atom. The molecule has 3 N–H and O–H groups in total. The maximum atomic E-state index is 15.1. The molecule has 6 atom stereocenters. The van der Waals surface area contributed by atoms with E-state index in [9.17, 15) is 14.7 Å². The molecule has 0 saturated heterocycles. The highest BCUT2D eigenvalue weighted by Crippen LogP contribution is 2.61. The summed E-state index contributed by atoms with van der Waals surface area (Å²) in [7, 11) is 1.56. The Hall–Kier alpha value is -2.48. The van der Waals surface area contributed by atoms with E-state index in [1.807, 2.05) is 0 Å². The van der Waals surface area contributed by atoms with Crippen LogP contribution in [0, 0.1) is 34.9 Å². The molecule has 1 unspecified atom stereocenters. The summed E-state index contributed by atoms with van der Waals surface area (Å²) in [6.07, 6.45) is 0.587. The Kier molecular flexibility index (Phi) is 5.35. The minimum atomic E-state index is -1.19. The molecule has 32 heavy (non-hydrogen) atoms. The summed E-state index contributed by atoms with van der Waals surface area (Å²) in [6, 6.07) is 4.81. The third-order valence-electron chi connectivity index (χ3n) is 8.06. The monoisotopic (exact) mass is 445 g/mol. The molecule has 1 aliphatic heterocycles. The zero-order valence-electron chi connectivity index (χ0n) is 19.3. The first-order chi connectivity index (χ1) is 14.9. The van der Waals surface area contributed by atoms with Gasteiger partial charge < -0.3 is 15.6 Å². The van der Waals surface area contributed by atoms with Crippen molar-refractivity contribution in [3.63, 3.8) is 0 Å². The van der Waals surface area contributed by atoms with Gasteiger partial charge in [0, 0.05) is 12.6 Å². The molecule has 174 valence electrons. The second-order valence-electron chi connectivity index (χ2n) is 10.0. The second kappa shape index (κ2) is 7.54. The van der Waals surface area contributed by atoms with E-state index in [1.165, 1.54) is 11.0 Å². The number of nitrogens with two attached hydrogens (primary N) is 1. The van der Waals surface area contributed by atoms with Crippen LogP contribution in [-0.4, -0.2) is 47.6 Å². The summed E-state index contributed by atoms with van der Waals surface area (Å²) in [4.78, 5) is 31.0. The zero-order chi connectivity index (χ0) is 23.6. The third-order valence-corrected chi connectivity index (χ3v) is 8.06. The van der Waals surface area contributed by atoms with Gasteiger partial charge in [-0.1, -0.05) is 12.1 Å². The van der Waals surface area contributed by atoms with Gasteiger partial charge in [-0.3, -0.25) is 14.5 Å². The molecule has 8 heteroatoms. The molecule has 1 aromatic rings. The minimum Gasteiger partial charge on any atom is -0.466 e. The van der Waals surface area contributed by atoms with Crippen LogP contribution in [0.15, 0.2) is 23.2 Å². The van der Waals surface area contributed by atoms with Gasteiger partial charge in [-0.25, -0.2) is 9.38 Å². The number of guanidine groups is 1. The molecular weight excluding hydrogens is 413 g/mol. The van der Waals surface area contributed by atoms with Gasteiger partial charge in [0.15, 0.2) is 5.96 Å². The van der Waals surface area contributed by atoms with E-state index >= 15 is 4.39 Å². The van der Waals surface area contributed by atoms with Crippen LogP contribution in [0.5, 0.6) is 0 Å². The van der Waals surface area contributed by atoms with E-state index in [-0.39, 0.29) is 41.5 Å². The number of fused-ring (bicyclic) bond motifs is 1. The van der Waals surface area contributed by atoms with Crippen molar-refractivity contribution in [3.05, 3.63) is 35.1 Å². The van der Waals surface area contributed by atoms with Crippen LogP contribution in [0.1, 0.15) is 45.2 Å². The summed E-state index contributed by atoms with van der Waals surface area (Å²) >= 11 is 0. The molecule has 0 radical (unpaired) electrons. The van der Waals surface area contributed by atoms with Crippen molar-refractivity contribution in [1.82, 2.24) is 4.90 Å². The highest BCUT2D eigenvalue weighted by atomic mass is 19.1. The molecule has 0 aromatic heterocycles. The zero-order valence-corrected chi connectivity index (χ0v) is 19.3. The number of ether oxygens (including phenoxy) is 1. The van der Waals surface area contributed by atoms with Gasteiger partial charge in [0.1, 0.15) is 11.4 Å². The first-order valence-corrected chi connectivity index (χ1v) is 11.2. The highest BCUT2D eigenvalue weighted by molar-refractivity contribution is 6.01. The molecule has 2 aliphatic carbocycles. The fraction of sp³-hybridized carbons (Fsp3) is 0.625. The Balaban J connectivity index is 1.64. The normalized spacial score (nSPS) is 35.3. The third kappa shape index (κ3) is 3.22. The average molecular weight is 446 g/mol. The number of hydrogen-bond acceptors (Lipinski definition) is 6. The molecule has 2 fully saturated rings. The topological polar surface area (TPSA) is 105 Å². The van der Waals surface area contributed by atoms with Crippen molar-refractivity contribution in [2.24, 2.45) is 39.8 Å². The van der Waals surface area contributed by atoms with Gasteiger partial charge in [0.25, 0.3) is 0 Å². The molecule has 1 amide bonds. The standard InChI is InChI=1S/C24H32FN3O4/c1-6-32-20(30)19-14-11-17(29)13(18(14)19)9-12-7-8-16(25)15(10-12)24(4)23(2,3)21(31)28(5)22(26)27-24/h7-8,10,13-14,17-19,29H,6,9,11H2,1-5H3,(H2,26,27)/t13?,14-,17-,18+,19+,24-/m1/s1. The second-order valence-corrected chi connectivity index (χ2v) is 10.0. The lowest BCUT2D eigenvalue weighted by Crippen LogP contribution is -2.58. The predicted octanol–water partition coefficient (Wildman–Crippen LogP) is 2.20. The van der Waals surface area contributed by atoms with Crippen molar-refractivity contribution in [1.29, 1.82) is 0 Å². The van der Waals surface area contributed by atoms with Gasteiger partial charge in [0.05, 0.1) is 24.0 Å². The van der Waals surface area contributed by atoms with Gasteiger partial charge in [-0.2, -0.15) is 0 Å². The van der Waals surface area contributed by atoms with Crippen LogP contribution in [0.25, 0.3) is 0 Å². The smallest absolute Gasteiger partial charge is 0.309 e. The fourth-order valence-corrected chi connectivity index (χ4v) is 5.76. The number of benzene rings is 1. The quantitative estimate of drug-likeness (QED) is 0.676. The Morgan fingerprint density at radius 1 is 1.38 bits per heavy atom. The van der Waals surface area contributed by atoms with E-state index in [0.717, 1.165) is 5.56 Å². The summed E-state index contributed by atoms with van der Waals surface area (Å²) in [5.41, 5.74) is 4.91. The Morgan fingerprint density at radius 3 is 2.72 bits per heavy atom. The number of aliphatic imine (C=N–C) groups is 1. The molecule has 0 spiro atoms. The van der Waals surface area contributed by atoms with E-state index in [4.69, 9.17) is 10.5 Å². The number of rotatable bonds is 5. The summed E-state index contributed by atoms with van der Waals surface area (Å²) in [5, 5.41) is 10.6. The fourth-order valence-electron chi connectivity index (χ4n) is 5.76. The highest BCUT2D eigenvalue weighted by Gasteiger charge is 2.65. The maximum Gasteiger partial charge on any atom is 0.309 e. The van der Waals surface area contributed by atoms with Crippen molar-refractivity contribution in [3.8, 4) is 0 Å². The molecule has 1 aromatic carbocycles. The summed E-state index contributed by atoms with van der Waals surface area (Å²) in [6.45, 7) is 7.34. The number of esters is 1. The lowest BCUT2D eigenvalue weighted by atomic mass is 9.67. The molecule has 3 aliphatic rings. The average Bonchev–Trinajstić information content (AvgIpc) is 3.34. The van der Waals surface area contributed by atoms with E-state index in [2.05, 4.69) is 4.99 Å². The molecule has 7 nitrogen and oxygen atoms in total. The lowest BCUT2D eigenvalue weighted by Gasteiger charge is -2.46. The van der Waals surface area contributed by atoms with Crippen molar-refractivity contribution in [2.75, 3.05) is 13.7 Å². The minimum absolute atomic E-state index is 0.0472. The Labute approximate surface area is 187 Å². The van der Waals surface area contributed by atoms with E-state index in [0.29, 0.717) is 25.0 Å². The van der Waals surface area contributed by atoms with Crippen molar-refractivity contribution < 1.29 is 23.8 Å². The molecular formula is C24H32FN3O4. The van der Waals surface area contributed by atoms with Gasteiger partial charge in [-0.05, 0) is 69.9 Å². The molecule has 2 saturated carbocycles. The van der Waals surface area contributed by atoms with Crippen molar-refractivity contribution in [2.45, 2.75) is 52.2 Å². The van der Waals surface area contributed by atoms with Gasteiger partial charge in [0.2, 0.25) is 5.91 Å². The molecule has 0 bridgehead atoms. The number of hydrogen-bond donors (Lipinski definition) is 2. The SMILES string of the molecule is CCOC(=O)[C@H]1[C@@H]2C[C@@H](O)C(Cc3ccc(F)c([C@@]4(C)N=C(N)N(C)C(=O)C4(C)C)c3)[C@@H]21. The van der Waals surface area contributed by atoms with Crippen LogP contribution in [0.4, 0.5) is 4.39 Å². The van der Waals surface area contributed by atoms with Crippen LogP contribution in [0.3, 0.4) is 0 Å². The number of halogens is 1. The van der Waals surface area contributed by atoms with Crippen LogP contribution in [-0.2, 0) is 26.3 Å². The number of amides is 1. The van der Waals surface area contributed by atoms with E-state index in [1.54, 1.807) is 46.9 Å². The number of carbonyl (C=O) groups excluding carboxylic acids is 2. The molecule has 1 heterocycles. The number of carbonyl (C=O) groups is 2. The van der Waals surface area contributed by atoms with Crippen molar-refractivity contribution >= 4 is 17.8 Å². The number of aliphatic hydroxyl groups is 1. The largest absolute Gasteiger partial charge is 0.466 e. The van der Waals surface area contributed by atoms with Crippen LogP contribution >= 0.6 is 0 Å². The van der Waals surface area contributed by atoms with Crippen LogP contribution in [0.2, 0.25) is 0 Å². The van der Waals surface area contributed by atoms with Gasteiger partial charge >= 0.3 is 5.97 Å². The molecule has 4 rings (SSSR count). The summed E-state index contributed by atoms with van der Waals surface area (Å²) in [5.74, 6) is -0.851. The lowest BCUT2D eigenvalue weighted by molar-refractivity contribution is -0.146.